The van der Waals surface area contributed by atoms with E-state index in [-0.39, 0.29) is 0 Å². The van der Waals surface area contributed by atoms with Gasteiger partial charge in [0, 0.05) is 17.5 Å². The van der Waals surface area contributed by atoms with Crippen molar-refractivity contribution in [3.05, 3.63) is 28.7 Å². The number of unbranched alkanes of at least 4 members (excludes halogenated alkanes) is 3. The summed E-state index contributed by atoms with van der Waals surface area (Å²) in [4.78, 5) is 4.85. The maximum absolute atomic E-state index is 4.85. The van der Waals surface area contributed by atoms with Gasteiger partial charge in [-0.3, -0.25) is 0 Å². The Balaban J connectivity index is 2.32. The van der Waals surface area contributed by atoms with Crippen LogP contribution < -0.4 is 0 Å². The third-order valence-corrected chi connectivity index (χ3v) is 3.93. The molecule has 2 aromatic rings. The Morgan fingerprint density at radius 3 is 2.50 bits per heavy atom. The second kappa shape index (κ2) is 6.87. The average molecular weight is 273 g/mol. The third-order valence-electron chi connectivity index (χ3n) is 3.93. The number of aromatic nitrogens is 3. The highest BCUT2D eigenvalue weighted by Gasteiger charge is 2.12. The van der Waals surface area contributed by atoms with Crippen LogP contribution in [0.3, 0.4) is 0 Å². The van der Waals surface area contributed by atoms with Crippen LogP contribution in [-0.2, 0) is 12.8 Å². The summed E-state index contributed by atoms with van der Waals surface area (Å²) in [6.07, 6.45) is 8.57. The Kier molecular flexibility index (Phi) is 5.16. The molecule has 0 aromatic carbocycles. The minimum absolute atomic E-state index is 1.00. The molecule has 2 heterocycles. The van der Waals surface area contributed by atoms with Crippen LogP contribution >= 0.6 is 0 Å². The molecule has 0 amide bonds. The Morgan fingerprint density at radius 2 is 1.80 bits per heavy atom. The molecule has 3 nitrogen and oxygen atoms in total. The first-order valence-corrected chi connectivity index (χ1v) is 8.02. The second-order valence-electron chi connectivity index (χ2n) is 5.74. The lowest BCUT2D eigenvalue weighted by molar-refractivity contribution is 0.655. The lowest BCUT2D eigenvalue weighted by Crippen LogP contribution is -2.08. The van der Waals surface area contributed by atoms with E-state index >= 15 is 0 Å². The van der Waals surface area contributed by atoms with Gasteiger partial charge in [0.15, 0.2) is 5.65 Å². The first-order chi connectivity index (χ1) is 9.67. The quantitative estimate of drug-likeness (QED) is 0.699. The fourth-order valence-corrected chi connectivity index (χ4v) is 2.85. The molecule has 0 aliphatic carbocycles. The zero-order valence-corrected chi connectivity index (χ0v) is 13.4. The highest BCUT2D eigenvalue weighted by Crippen LogP contribution is 2.20. The van der Waals surface area contributed by atoms with Gasteiger partial charge < -0.3 is 0 Å². The molecule has 0 N–H and O–H groups in total. The normalized spacial score (nSPS) is 11.4. The van der Waals surface area contributed by atoms with E-state index in [1.165, 1.54) is 42.6 Å². The summed E-state index contributed by atoms with van der Waals surface area (Å²) >= 11 is 0. The molecule has 110 valence electrons. The maximum Gasteiger partial charge on any atom is 0.155 e. The molecule has 20 heavy (non-hydrogen) atoms. The van der Waals surface area contributed by atoms with Crippen LogP contribution in [0.25, 0.3) is 5.65 Å². The first-order valence-electron chi connectivity index (χ1n) is 8.02. The summed E-state index contributed by atoms with van der Waals surface area (Å²) in [6, 6.07) is 2.08. The largest absolute Gasteiger partial charge is 0.233 e. The number of fused-ring (bicyclic) bond motifs is 1. The van der Waals surface area contributed by atoms with Crippen molar-refractivity contribution in [3.63, 3.8) is 0 Å². The molecule has 0 bridgehead atoms. The van der Waals surface area contributed by atoms with E-state index in [0.29, 0.717) is 0 Å². The summed E-state index contributed by atoms with van der Waals surface area (Å²) in [5.74, 6) is 0. The number of nitrogens with zero attached hydrogens (tertiary/aromatic N) is 3. The summed E-state index contributed by atoms with van der Waals surface area (Å²) in [7, 11) is 0. The van der Waals surface area contributed by atoms with Gasteiger partial charge in [-0.1, -0.05) is 39.5 Å². The van der Waals surface area contributed by atoms with Crippen molar-refractivity contribution in [3.8, 4) is 0 Å². The predicted molar refractivity (Wildman–Crippen MR) is 84.3 cm³/mol. The van der Waals surface area contributed by atoms with E-state index < -0.39 is 0 Å². The van der Waals surface area contributed by atoms with Crippen molar-refractivity contribution in [2.24, 2.45) is 0 Å². The number of hydrogen-bond donors (Lipinski definition) is 0. The molecule has 2 aromatic heterocycles. The van der Waals surface area contributed by atoms with E-state index in [0.717, 1.165) is 30.6 Å². The van der Waals surface area contributed by atoms with Crippen molar-refractivity contribution in [1.29, 1.82) is 0 Å². The van der Waals surface area contributed by atoms with Gasteiger partial charge in [-0.05, 0) is 38.7 Å². The van der Waals surface area contributed by atoms with Gasteiger partial charge in [-0.15, -0.1) is 0 Å². The van der Waals surface area contributed by atoms with Crippen molar-refractivity contribution in [2.45, 2.75) is 72.6 Å². The van der Waals surface area contributed by atoms with Gasteiger partial charge in [0.2, 0.25) is 0 Å². The van der Waals surface area contributed by atoms with Crippen LogP contribution in [0.2, 0.25) is 0 Å². The molecule has 0 saturated heterocycles. The monoisotopic (exact) mass is 273 g/mol. The van der Waals surface area contributed by atoms with Crippen LogP contribution in [-0.4, -0.2) is 14.6 Å². The zero-order valence-electron chi connectivity index (χ0n) is 13.4. The van der Waals surface area contributed by atoms with Crippen molar-refractivity contribution < 1.29 is 0 Å². The summed E-state index contributed by atoms with van der Waals surface area (Å²) < 4.78 is 2.02. The first kappa shape index (κ1) is 15.0. The maximum atomic E-state index is 4.85. The fraction of sp³-hybridized carbons (Fsp3) is 0.647. The van der Waals surface area contributed by atoms with Gasteiger partial charge in [-0.25, -0.2) is 9.50 Å². The van der Waals surface area contributed by atoms with E-state index in [4.69, 9.17) is 4.98 Å². The number of rotatable bonds is 7. The molecule has 0 aliphatic rings. The molecule has 0 radical (unpaired) electrons. The lowest BCUT2D eigenvalue weighted by atomic mass is 10.0. The van der Waals surface area contributed by atoms with Gasteiger partial charge in [0.25, 0.3) is 0 Å². The van der Waals surface area contributed by atoms with Gasteiger partial charge in [0.05, 0.1) is 5.69 Å². The van der Waals surface area contributed by atoms with Gasteiger partial charge in [0.1, 0.15) is 0 Å². The van der Waals surface area contributed by atoms with E-state index in [9.17, 15) is 0 Å². The Labute approximate surface area is 122 Å². The van der Waals surface area contributed by atoms with Crippen molar-refractivity contribution in [1.82, 2.24) is 14.6 Å². The molecule has 0 atom stereocenters. The number of aryl methyl sites for hydroxylation is 3. The minimum Gasteiger partial charge on any atom is -0.233 e. The fourth-order valence-electron chi connectivity index (χ4n) is 2.85. The molecule has 2 rings (SSSR count). The molecule has 0 aliphatic heterocycles. The van der Waals surface area contributed by atoms with Crippen molar-refractivity contribution >= 4 is 5.65 Å². The van der Waals surface area contributed by atoms with E-state index in [1.54, 1.807) is 0 Å². The third kappa shape index (κ3) is 3.20. The summed E-state index contributed by atoms with van der Waals surface area (Å²) in [5, 5.41) is 4.57. The van der Waals surface area contributed by atoms with Crippen LogP contribution in [0, 0.1) is 13.8 Å². The molecule has 0 fully saturated rings. The molecule has 0 spiro atoms. The Hall–Kier alpha value is -1.38. The molecular formula is C17H27N3. The standard InChI is InChI=1S/C17H27N3/c1-5-7-8-9-11-15-14(4)20-17(12-13(3)19-20)18-16(15)10-6-2/h12H,5-11H2,1-4H3. The SMILES string of the molecule is CCCCCCc1c(CCC)nc2cc(C)nn2c1C. The van der Waals surface area contributed by atoms with Gasteiger partial charge in [-0.2, -0.15) is 5.10 Å². The van der Waals surface area contributed by atoms with Crippen LogP contribution in [0.4, 0.5) is 0 Å². The van der Waals surface area contributed by atoms with Crippen LogP contribution in [0.5, 0.6) is 0 Å². The minimum atomic E-state index is 1.00. The second-order valence-corrected chi connectivity index (χ2v) is 5.74. The topological polar surface area (TPSA) is 30.2 Å². The molecular weight excluding hydrogens is 246 g/mol. The van der Waals surface area contributed by atoms with Crippen molar-refractivity contribution in [2.75, 3.05) is 0 Å². The molecule has 0 unspecified atom stereocenters. The van der Waals surface area contributed by atoms with E-state index in [2.05, 4.69) is 31.9 Å². The van der Waals surface area contributed by atoms with E-state index in [1.807, 2.05) is 11.4 Å². The average Bonchev–Trinajstić information content (AvgIpc) is 2.79. The summed E-state index contributed by atoms with van der Waals surface area (Å²) in [5.41, 5.74) is 6.04. The molecule has 0 saturated carbocycles. The molecule has 3 heteroatoms. The highest BCUT2D eigenvalue weighted by molar-refractivity contribution is 5.44. The van der Waals surface area contributed by atoms with Crippen LogP contribution in [0.1, 0.15) is 68.6 Å². The highest BCUT2D eigenvalue weighted by atomic mass is 15.3. The Bertz CT molecular complexity index is 569. The Morgan fingerprint density at radius 1 is 1.00 bits per heavy atom. The smallest absolute Gasteiger partial charge is 0.155 e. The predicted octanol–water partition coefficient (Wildman–Crippen LogP) is 4.42. The number of hydrogen-bond acceptors (Lipinski definition) is 2. The lowest BCUT2D eigenvalue weighted by Gasteiger charge is -2.13. The van der Waals surface area contributed by atoms with Crippen LogP contribution in [0.15, 0.2) is 6.07 Å². The van der Waals surface area contributed by atoms with Gasteiger partial charge >= 0.3 is 0 Å². The summed E-state index contributed by atoms with van der Waals surface area (Å²) in [6.45, 7) is 8.71. The zero-order chi connectivity index (χ0) is 14.5.